The normalized spacial score (nSPS) is 12.8. The third kappa shape index (κ3) is 7.73. The SMILES string of the molecule is CC(C)C1=CC=NC1.CC(C)c1ccsc1.CC(C)n1cccn1. The van der Waals surface area contributed by atoms with Gasteiger partial charge in [0.25, 0.3) is 0 Å². The predicted molar refractivity (Wildman–Crippen MR) is 107 cm³/mol. The molecule has 3 heterocycles. The number of hydrogen-bond acceptors (Lipinski definition) is 3. The Morgan fingerprint density at radius 1 is 1.08 bits per heavy atom. The molecule has 0 aromatic carbocycles. The van der Waals surface area contributed by atoms with E-state index < -0.39 is 0 Å². The molecule has 4 heteroatoms. The Morgan fingerprint density at radius 2 is 1.83 bits per heavy atom. The van der Waals surface area contributed by atoms with Crippen molar-refractivity contribution in [2.24, 2.45) is 10.9 Å². The molecule has 0 N–H and O–H groups in total. The van der Waals surface area contributed by atoms with Gasteiger partial charge in [-0.25, -0.2) is 0 Å². The summed E-state index contributed by atoms with van der Waals surface area (Å²) >= 11 is 1.77. The molecule has 0 unspecified atom stereocenters. The van der Waals surface area contributed by atoms with Crippen molar-refractivity contribution in [1.82, 2.24) is 9.78 Å². The Kier molecular flexibility index (Phi) is 9.31. The van der Waals surface area contributed by atoms with E-state index in [1.807, 2.05) is 23.2 Å². The van der Waals surface area contributed by atoms with E-state index in [4.69, 9.17) is 0 Å². The van der Waals surface area contributed by atoms with Gasteiger partial charge >= 0.3 is 0 Å². The summed E-state index contributed by atoms with van der Waals surface area (Å²) in [5.74, 6) is 1.37. The number of aliphatic imine (C=N–C) groups is 1. The fourth-order valence-electron chi connectivity index (χ4n) is 1.92. The van der Waals surface area contributed by atoms with E-state index in [0.29, 0.717) is 17.9 Å². The van der Waals surface area contributed by atoms with Crippen LogP contribution in [0.1, 0.15) is 59.1 Å². The van der Waals surface area contributed by atoms with Crippen LogP contribution in [0.15, 0.2) is 51.9 Å². The van der Waals surface area contributed by atoms with Crippen molar-refractivity contribution in [1.29, 1.82) is 0 Å². The molecule has 1 aliphatic heterocycles. The first-order valence-electron chi connectivity index (χ1n) is 8.61. The van der Waals surface area contributed by atoms with Gasteiger partial charge in [0.05, 0.1) is 6.54 Å². The molecule has 0 radical (unpaired) electrons. The third-order valence-electron chi connectivity index (χ3n) is 3.67. The van der Waals surface area contributed by atoms with Crippen molar-refractivity contribution in [2.45, 2.75) is 53.5 Å². The van der Waals surface area contributed by atoms with Crippen molar-refractivity contribution >= 4 is 17.6 Å². The Labute approximate surface area is 151 Å². The number of allylic oxidation sites excluding steroid dienone is 1. The van der Waals surface area contributed by atoms with Crippen molar-refractivity contribution in [2.75, 3.05) is 6.54 Å². The summed E-state index contributed by atoms with van der Waals surface area (Å²) in [6, 6.07) is 4.60. The zero-order valence-electron chi connectivity index (χ0n) is 15.8. The van der Waals surface area contributed by atoms with E-state index in [2.05, 4.69) is 74.5 Å². The number of rotatable bonds is 3. The van der Waals surface area contributed by atoms with Crippen molar-refractivity contribution < 1.29 is 0 Å². The molecule has 0 atom stereocenters. The third-order valence-corrected chi connectivity index (χ3v) is 4.37. The molecule has 0 spiro atoms. The Balaban J connectivity index is 0.000000180. The van der Waals surface area contributed by atoms with Crippen LogP contribution in [-0.4, -0.2) is 22.5 Å². The highest BCUT2D eigenvalue weighted by Crippen LogP contribution is 2.16. The van der Waals surface area contributed by atoms with Crippen molar-refractivity contribution in [3.05, 3.63) is 52.5 Å². The molecule has 0 saturated carbocycles. The molecule has 3 rings (SSSR count). The van der Waals surface area contributed by atoms with Gasteiger partial charge in [0.1, 0.15) is 0 Å². The molecule has 3 nitrogen and oxygen atoms in total. The average Bonchev–Trinajstić information content (AvgIpc) is 3.29. The zero-order valence-corrected chi connectivity index (χ0v) is 16.6. The molecule has 0 fully saturated rings. The molecule has 2 aromatic heterocycles. The second-order valence-corrected chi connectivity index (χ2v) is 7.46. The molecule has 0 amide bonds. The summed E-state index contributed by atoms with van der Waals surface area (Å²) in [5.41, 5.74) is 2.90. The number of aromatic nitrogens is 2. The number of hydrogen-bond donors (Lipinski definition) is 0. The van der Waals surface area contributed by atoms with Crippen LogP contribution in [0.4, 0.5) is 0 Å². The van der Waals surface area contributed by atoms with Crippen LogP contribution in [0.3, 0.4) is 0 Å². The minimum absolute atomic E-state index is 0.491. The molecular formula is C20H31N3S. The quantitative estimate of drug-likeness (QED) is 0.672. The standard InChI is InChI=1S/C7H11N.C7H10S.C6H10N2/c2*1-6(2)7-3-4-8-5-7;1-6(2)8-5-3-4-7-8/h3-4,6H,5H2,1-2H3;2*3-6H,1-2H3. The van der Waals surface area contributed by atoms with Gasteiger partial charge in [-0.3, -0.25) is 9.67 Å². The highest BCUT2D eigenvalue weighted by Gasteiger charge is 2.02. The summed E-state index contributed by atoms with van der Waals surface area (Å²) in [5, 5.41) is 8.35. The van der Waals surface area contributed by atoms with Crippen molar-refractivity contribution in [3.63, 3.8) is 0 Å². The van der Waals surface area contributed by atoms with Crippen LogP contribution < -0.4 is 0 Å². The van der Waals surface area contributed by atoms with E-state index in [9.17, 15) is 0 Å². The summed E-state index contributed by atoms with van der Waals surface area (Å²) in [7, 11) is 0. The predicted octanol–water partition coefficient (Wildman–Crippen LogP) is 5.99. The van der Waals surface area contributed by atoms with Crippen molar-refractivity contribution in [3.8, 4) is 0 Å². The second-order valence-electron chi connectivity index (χ2n) is 6.68. The molecule has 0 saturated heterocycles. The fraction of sp³-hybridized carbons (Fsp3) is 0.500. The maximum absolute atomic E-state index is 4.07. The maximum Gasteiger partial charge on any atom is 0.0605 e. The largest absolute Gasteiger partial charge is 0.289 e. The van der Waals surface area contributed by atoms with Crippen LogP contribution >= 0.6 is 11.3 Å². The minimum Gasteiger partial charge on any atom is -0.289 e. The lowest BCUT2D eigenvalue weighted by molar-refractivity contribution is 0.532. The summed E-state index contributed by atoms with van der Waals surface area (Å²) in [4.78, 5) is 4.07. The Morgan fingerprint density at radius 3 is 2.08 bits per heavy atom. The average molecular weight is 346 g/mol. The number of nitrogens with zero attached hydrogens (tertiary/aromatic N) is 3. The van der Waals surface area contributed by atoms with Crippen LogP contribution in [-0.2, 0) is 0 Å². The van der Waals surface area contributed by atoms with E-state index in [-0.39, 0.29) is 0 Å². The van der Waals surface area contributed by atoms with Gasteiger partial charge in [0.2, 0.25) is 0 Å². The first kappa shape index (κ1) is 20.4. The van der Waals surface area contributed by atoms with E-state index >= 15 is 0 Å². The van der Waals surface area contributed by atoms with E-state index in [1.165, 1.54) is 11.1 Å². The van der Waals surface area contributed by atoms with Gasteiger partial charge in [0, 0.05) is 24.7 Å². The highest BCUT2D eigenvalue weighted by molar-refractivity contribution is 7.07. The van der Waals surface area contributed by atoms with Crippen LogP contribution in [0.25, 0.3) is 0 Å². The Bertz CT molecular complexity index is 553. The van der Waals surface area contributed by atoms with Gasteiger partial charge < -0.3 is 0 Å². The maximum atomic E-state index is 4.07. The molecule has 0 bridgehead atoms. The second kappa shape index (κ2) is 11.0. The van der Waals surface area contributed by atoms with Gasteiger partial charge in [0.15, 0.2) is 0 Å². The van der Waals surface area contributed by atoms with E-state index in [1.54, 1.807) is 17.5 Å². The molecule has 132 valence electrons. The van der Waals surface area contributed by atoms with Crippen LogP contribution in [0.5, 0.6) is 0 Å². The van der Waals surface area contributed by atoms with Gasteiger partial charge in [-0.05, 0) is 65.8 Å². The molecule has 2 aromatic rings. The topological polar surface area (TPSA) is 30.2 Å². The minimum atomic E-state index is 0.491. The molecule has 0 aliphatic carbocycles. The smallest absolute Gasteiger partial charge is 0.0605 e. The van der Waals surface area contributed by atoms with Gasteiger partial charge in [-0.15, -0.1) is 0 Å². The van der Waals surface area contributed by atoms with Gasteiger partial charge in [-0.1, -0.05) is 27.7 Å². The lowest BCUT2D eigenvalue weighted by atomic mass is 10.1. The molecule has 24 heavy (non-hydrogen) atoms. The summed E-state index contributed by atoms with van der Waals surface area (Å²) in [6.45, 7) is 13.9. The van der Waals surface area contributed by atoms with Crippen LogP contribution in [0, 0.1) is 5.92 Å². The van der Waals surface area contributed by atoms with E-state index in [0.717, 1.165) is 6.54 Å². The van der Waals surface area contributed by atoms with Gasteiger partial charge in [-0.2, -0.15) is 16.4 Å². The molecule has 1 aliphatic rings. The highest BCUT2D eigenvalue weighted by atomic mass is 32.1. The lowest BCUT2D eigenvalue weighted by Gasteiger charge is -2.01. The summed E-state index contributed by atoms with van der Waals surface area (Å²) < 4.78 is 1.92. The summed E-state index contributed by atoms with van der Waals surface area (Å²) in [6.07, 6.45) is 7.74. The first-order chi connectivity index (χ1) is 11.4. The Hall–Kier alpha value is -1.68. The monoisotopic (exact) mass is 345 g/mol. The molecular weight excluding hydrogens is 314 g/mol. The first-order valence-corrected chi connectivity index (χ1v) is 9.56. The lowest BCUT2D eigenvalue weighted by Crippen LogP contribution is -1.99. The zero-order chi connectivity index (χ0) is 17.9. The fourth-order valence-corrected chi connectivity index (χ4v) is 2.75. The number of thiophene rings is 1. The van der Waals surface area contributed by atoms with Crippen LogP contribution in [0.2, 0.25) is 0 Å².